The monoisotopic (exact) mass is 275 g/mol. The van der Waals surface area contributed by atoms with Crippen molar-refractivity contribution in [3.63, 3.8) is 0 Å². The van der Waals surface area contributed by atoms with E-state index >= 15 is 0 Å². The minimum atomic E-state index is -1.04. The quantitative estimate of drug-likeness (QED) is 0.788. The van der Waals surface area contributed by atoms with E-state index in [0.29, 0.717) is 5.82 Å². The van der Waals surface area contributed by atoms with Gasteiger partial charge in [0.15, 0.2) is 5.82 Å². The zero-order valence-electron chi connectivity index (χ0n) is 11.6. The first-order valence-electron chi connectivity index (χ1n) is 6.14. The number of H-pyrrole nitrogens is 1. The van der Waals surface area contributed by atoms with Crippen molar-refractivity contribution in [1.29, 1.82) is 0 Å². The van der Waals surface area contributed by atoms with Crippen LogP contribution in [0.5, 0.6) is 0 Å². The van der Waals surface area contributed by atoms with Crippen molar-refractivity contribution in [2.75, 3.05) is 19.0 Å². The molecule has 7 nitrogen and oxygen atoms in total. The lowest BCUT2D eigenvalue weighted by atomic mass is 10.1. The number of carbonyl (C=O) groups is 1. The Balaban J connectivity index is 2.35. The molecule has 2 rings (SSSR count). The van der Waals surface area contributed by atoms with Crippen molar-refractivity contribution >= 4 is 11.8 Å². The third kappa shape index (κ3) is 3.05. The summed E-state index contributed by atoms with van der Waals surface area (Å²) in [6.45, 7) is 2.11. The number of anilines is 1. The topological polar surface area (TPSA) is 94.1 Å². The Bertz CT molecular complexity index is 621. The Morgan fingerprint density at radius 3 is 2.70 bits per heavy atom. The average molecular weight is 275 g/mol. The molecule has 3 N–H and O–H groups in total. The van der Waals surface area contributed by atoms with E-state index in [1.807, 2.05) is 44.1 Å². The van der Waals surface area contributed by atoms with Gasteiger partial charge in [0.1, 0.15) is 5.82 Å². The molecular weight excluding hydrogens is 258 g/mol. The average Bonchev–Trinajstić information content (AvgIpc) is 2.82. The van der Waals surface area contributed by atoms with E-state index < -0.39 is 6.09 Å². The minimum absolute atomic E-state index is 0.270. The van der Waals surface area contributed by atoms with Crippen LogP contribution in [-0.2, 0) is 6.54 Å². The molecule has 0 spiro atoms. The molecule has 0 aliphatic rings. The highest BCUT2D eigenvalue weighted by Crippen LogP contribution is 2.28. The summed E-state index contributed by atoms with van der Waals surface area (Å²) in [5, 5.41) is 19.0. The molecule has 0 bridgehead atoms. The van der Waals surface area contributed by atoms with Gasteiger partial charge in [-0.05, 0) is 24.6 Å². The summed E-state index contributed by atoms with van der Waals surface area (Å²) in [4.78, 5) is 15.6. The molecule has 20 heavy (non-hydrogen) atoms. The van der Waals surface area contributed by atoms with Crippen LogP contribution in [0.3, 0.4) is 0 Å². The molecule has 0 saturated carbocycles. The number of carboxylic acid groups (broad SMARTS) is 1. The van der Waals surface area contributed by atoms with Crippen LogP contribution in [0.2, 0.25) is 0 Å². The van der Waals surface area contributed by atoms with E-state index in [1.165, 1.54) is 0 Å². The molecule has 106 valence electrons. The fourth-order valence-corrected chi connectivity index (χ4v) is 1.90. The second-order valence-electron chi connectivity index (χ2n) is 4.66. The van der Waals surface area contributed by atoms with Crippen LogP contribution in [0.4, 0.5) is 10.5 Å². The standard InChI is InChI=1S/C13H17N5O2/c1-8-15-12(17-16-8)10-5-4-9(7-14-13(19)20)6-11(10)18(2)3/h4-6,14H,7H2,1-3H3,(H,19,20)(H,15,16,17). The Hall–Kier alpha value is -2.57. The molecule has 0 fully saturated rings. The largest absolute Gasteiger partial charge is 0.465 e. The summed E-state index contributed by atoms with van der Waals surface area (Å²) >= 11 is 0. The molecule has 2 aromatic rings. The second-order valence-corrected chi connectivity index (χ2v) is 4.66. The van der Waals surface area contributed by atoms with Crippen LogP contribution < -0.4 is 10.2 Å². The molecule has 0 aliphatic carbocycles. The molecule has 0 aliphatic heterocycles. The molecule has 0 radical (unpaired) electrons. The molecule has 0 atom stereocenters. The van der Waals surface area contributed by atoms with E-state index in [0.717, 1.165) is 22.6 Å². The van der Waals surface area contributed by atoms with E-state index in [4.69, 9.17) is 5.11 Å². The predicted molar refractivity (Wildman–Crippen MR) is 75.7 cm³/mol. The zero-order chi connectivity index (χ0) is 14.7. The first-order valence-corrected chi connectivity index (χ1v) is 6.14. The number of nitrogens with zero attached hydrogens (tertiary/aromatic N) is 3. The summed E-state index contributed by atoms with van der Waals surface area (Å²) in [5.41, 5.74) is 2.76. The Kier molecular flexibility index (Phi) is 3.88. The zero-order valence-corrected chi connectivity index (χ0v) is 11.6. The number of aromatic amines is 1. The van der Waals surface area contributed by atoms with Crippen molar-refractivity contribution in [3.05, 3.63) is 29.6 Å². The van der Waals surface area contributed by atoms with E-state index in [2.05, 4.69) is 20.5 Å². The van der Waals surface area contributed by atoms with Crippen LogP contribution in [0.15, 0.2) is 18.2 Å². The highest BCUT2D eigenvalue weighted by atomic mass is 16.4. The fourth-order valence-electron chi connectivity index (χ4n) is 1.90. The number of amides is 1. The molecule has 1 aromatic heterocycles. The fraction of sp³-hybridized carbons (Fsp3) is 0.308. The number of hydrogen-bond acceptors (Lipinski definition) is 4. The Labute approximate surface area is 116 Å². The predicted octanol–water partition coefficient (Wildman–Crippen LogP) is 1.61. The van der Waals surface area contributed by atoms with Crippen molar-refractivity contribution in [2.45, 2.75) is 13.5 Å². The van der Waals surface area contributed by atoms with Gasteiger partial charge in [0.2, 0.25) is 0 Å². The van der Waals surface area contributed by atoms with Gasteiger partial charge < -0.3 is 20.3 Å². The maximum absolute atomic E-state index is 10.5. The van der Waals surface area contributed by atoms with E-state index in [-0.39, 0.29) is 6.54 Å². The summed E-state index contributed by atoms with van der Waals surface area (Å²) in [6, 6.07) is 5.72. The van der Waals surface area contributed by atoms with E-state index in [9.17, 15) is 4.79 Å². The van der Waals surface area contributed by atoms with Gasteiger partial charge in [0.05, 0.1) is 0 Å². The van der Waals surface area contributed by atoms with Gasteiger partial charge in [0.25, 0.3) is 0 Å². The van der Waals surface area contributed by atoms with Crippen LogP contribution >= 0.6 is 0 Å². The number of hydrogen-bond donors (Lipinski definition) is 3. The van der Waals surface area contributed by atoms with Gasteiger partial charge in [-0.2, -0.15) is 0 Å². The van der Waals surface area contributed by atoms with Gasteiger partial charge >= 0.3 is 6.09 Å². The summed E-state index contributed by atoms with van der Waals surface area (Å²) in [5.74, 6) is 1.45. The van der Waals surface area contributed by atoms with Crippen molar-refractivity contribution in [2.24, 2.45) is 0 Å². The highest BCUT2D eigenvalue weighted by Gasteiger charge is 2.12. The second kappa shape index (κ2) is 5.60. The van der Waals surface area contributed by atoms with Crippen molar-refractivity contribution in [1.82, 2.24) is 20.5 Å². The Morgan fingerprint density at radius 1 is 1.40 bits per heavy atom. The lowest BCUT2D eigenvalue weighted by Gasteiger charge is -2.17. The third-order valence-electron chi connectivity index (χ3n) is 2.84. The Morgan fingerprint density at radius 2 is 2.15 bits per heavy atom. The lowest BCUT2D eigenvalue weighted by Crippen LogP contribution is -2.20. The summed E-state index contributed by atoms with van der Waals surface area (Å²) in [6.07, 6.45) is -1.04. The molecular formula is C13H17N5O2. The highest BCUT2D eigenvalue weighted by molar-refractivity contribution is 5.75. The third-order valence-corrected chi connectivity index (χ3v) is 2.84. The van der Waals surface area contributed by atoms with Gasteiger partial charge in [-0.25, -0.2) is 4.79 Å². The van der Waals surface area contributed by atoms with Crippen molar-refractivity contribution in [3.8, 4) is 11.4 Å². The number of rotatable bonds is 4. The lowest BCUT2D eigenvalue weighted by molar-refractivity contribution is 0.194. The number of aromatic nitrogens is 3. The normalized spacial score (nSPS) is 10.3. The van der Waals surface area contributed by atoms with Crippen LogP contribution in [-0.4, -0.2) is 40.5 Å². The van der Waals surface area contributed by atoms with Gasteiger partial charge in [-0.3, -0.25) is 0 Å². The number of benzene rings is 1. The maximum atomic E-state index is 10.5. The summed E-state index contributed by atoms with van der Waals surface area (Å²) < 4.78 is 0. The van der Waals surface area contributed by atoms with Crippen molar-refractivity contribution < 1.29 is 9.90 Å². The number of nitrogens with one attached hydrogen (secondary N) is 2. The van der Waals surface area contributed by atoms with Crippen LogP contribution in [0.25, 0.3) is 11.4 Å². The summed E-state index contributed by atoms with van der Waals surface area (Å²) in [7, 11) is 3.85. The van der Waals surface area contributed by atoms with Gasteiger partial charge in [-0.15, -0.1) is 10.2 Å². The number of aryl methyl sites for hydroxylation is 1. The van der Waals surface area contributed by atoms with Gasteiger partial charge in [-0.1, -0.05) is 6.07 Å². The maximum Gasteiger partial charge on any atom is 0.404 e. The molecule has 7 heteroatoms. The van der Waals surface area contributed by atoms with Crippen LogP contribution in [0.1, 0.15) is 11.4 Å². The first-order chi connectivity index (χ1) is 9.47. The first kappa shape index (κ1) is 13.9. The minimum Gasteiger partial charge on any atom is -0.465 e. The molecule has 1 amide bonds. The SMILES string of the molecule is Cc1nnc(-c2ccc(CNC(=O)O)cc2N(C)C)[nH]1. The molecule has 0 saturated heterocycles. The van der Waals surface area contributed by atoms with Crippen LogP contribution in [0, 0.1) is 6.92 Å². The molecule has 1 aromatic carbocycles. The molecule has 0 unspecified atom stereocenters. The van der Waals surface area contributed by atoms with Gasteiger partial charge in [0, 0.05) is 31.9 Å². The smallest absolute Gasteiger partial charge is 0.404 e. The van der Waals surface area contributed by atoms with E-state index in [1.54, 1.807) is 0 Å². The molecule has 1 heterocycles.